The van der Waals surface area contributed by atoms with Gasteiger partial charge in [0.2, 0.25) is 0 Å². The largest absolute Gasteiger partial charge is 1.20 e. The van der Waals surface area contributed by atoms with Crippen molar-refractivity contribution in [3.63, 3.8) is 0 Å². The lowest BCUT2D eigenvalue weighted by Gasteiger charge is -2.13. The minimum Gasteiger partial charge on any atom is -0.551 e. The molecule has 67 heavy (non-hydrogen) atoms. The van der Waals surface area contributed by atoms with Gasteiger partial charge in [0.25, 0.3) is 17.9 Å². The van der Waals surface area contributed by atoms with Crippen LogP contribution in [0.3, 0.4) is 0 Å². The first kappa shape index (κ1) is 62.8. The molecule has 0 radical (unpaired) electrons. The summed E-state index contributed by atoms with van der Waals surface area (Å²) in [6.45, 7) is 6.69. The Morgan fingerprint density at radius 1 is 0.269 bits per heavy atom. The molecule has 0 aliphatic rings. The minimum atomic E-state index is -3.36. The summed E-state index contributed by atoms with van der Waals surface area (Å²) >= 11 is -3.36. The van der Waals surface area contributed by atoms with Crippen molar-refractivity contribution >= 4 is 33.1 Å². The van der Waals surface area contributed by atoms with Gasteiger partial charge in [0.15, 0.2) is 0 Å². The van der Waals surface area contributed by atoms with Gasteiger partial charge in [-0.15, -0.1) is 0 Å². The van der Waals surface area contributed by atoms with Gasteiger partial charge in [-0.25, -0.2) is 0 Å². The average Bonchev–Trinajstić information content (AvgIpc) is 3.32. The van der Waals surface area contributed by atoms with Crippen LogP contribution < -0.4 is 0 Å². The summed E-state index contributed by atoms with van der Waals surface area (Å²) in [5.74, 6) is -1.55. The summed E-state index contributed by atoms with van der Waals surface area (Å²) in [5.41, 5.74) is 0. The molecule has 372 valence electrons. The Morgan fingerprint density at radius 2 is 0.448 bits per heavy atom. The molecule has 0 heterocycles. The molecule has 0 amide bonds. The van der Waals surface area contributed by atoms with E-state index in [4.69, 9.17) is 11.4 Å². The molecule has 0 aromatic carbocycles. The third kappa shape index (κ3) is 52.7. The number of unbranched alkanes of at least 4 members (excludes halogenated alkanes) is 12. The van der Waals surface area contributed by atoms with Gasteiger partial charge in [0.05, 0.1) is 0 Å². The molecule has 6 nitrogen and oxygen atoms in total. The maximum atomic E-state index is 12.8. The molecule has 0 aromatic heterocycles. The molecule has 7 heteroatoms. The molecule has 0 aliphatic heterocycles. The highest BCUT2D eigenvalue weighted by Gasteiger charge is 2.48. The number of hydrogen-bond donors (Lipinski definition) is 0. The van der Waals surface area contributed by atoms with Crippen molar-refractivity contribution < 1.29 is 25.7 Å². The van der Waals surface area contributed by atoms with Crippen molar-refractivity contribution in [2.75, 3.05) is 0 Å². The molecule has 0 unspecified atom stereocenters. The molecule has 0 spiro atoms. The lowest BCUT2D eigenvalue weighted by molar-refractivity contribution is -0.148. The molecule has 0 aromatic rings. The molecule has 0 rings (SSSR count). The van der Waals surface area contributed by atoms with E-state index in [1.165, 1.54) is 77.0 Å². The van der Waals surface area contributed by atoms with Crippen LogP contribution in [0.15, 0.2) is 146 Å². The quantitative estimate of drug-likeness (QED) is 0.0344. The van der Waals surface area contributed by atoms with Crippen LogP contribution in [-0.4, -0.2) is 33.1 Å². The average molecular weight is 937 g/mol. The summed E-state index contributed by atoms with van der Waals surface area (Å²) in [7, 11) is 0. The number of hydrogen-bond acceptors (Lipinski definition) is 6. The van der Waals surface area contributed by atoms with Crippen molar-refractivity contribution in [2.45, 2.75) is 213 Å². The van der Waals surface area contributed by atoms with Crippen molar-refractivity contribution in [3.8, 4) is 0 Å². The van der Waals surface area contributed by atoms with E-state index in [2.05, 4.69) is 167 Å². The molecule has 0 fully saturated rings. The third-order valence-electron chi connectivity index (χ3n) is 10.3. The normalized spacial score (nSPS) is 12.8. The highest BCUT2D eigenvalue weighted by atomic mass is 27.3. The van der Waals surface area contributed by atoms with Crippen LogP contribution in [-0.2, 0) is 25.7 Å². The van der Waals surface area contributed by atoms with E-state index in [0.717, 1.165) is 57.8 Å². The molecule has 0 saturated heterocycles. The lowest BCUT2D eigenvalue weighted by Crippen LogP contribution is -2.34. The van der Waals surface area contributed by atoms with Gasteiger partial charge >= 0.3 is 15.1 Å². The first-order valence-electron chi connectivity index (χ1n) is 26.4. The van der Waals surface area contributed by atoms with E-state index in [9.17, 15) is 14.4 Å². The van der Waals surface area contributed by atoms with Gasteiger partial charge in [-0.05, 0) is 135 Å². The van der Waals surface area contributed by atoms with Crippen LogP contribution in [0.4, 0.5) is 0 Å². The van der Waals surface area contributed by atoms with E-state index >= 15 is 0 Å². The number of carbonyl (C=O) groups is 3. The summed E-state index contributed by atoms with van der Waals surface area (Å²) in [4.78, 5) is 38.3. The fraction of sp³-hybridized carbons (Fsp3) is 0.550. The Hall–Kier alpha value is -4.18. The topological polar surface area (TPSA) is 78.9 Å². The maximum absolute atomic E-state index is 12.8. The zero-order valence-electron chi connectivity index (χ0n) is 42.6. The van der Waals surface area contributed by atoms with Crippen LogP contribution in [0, 0.1) is 0 Å². The number of carbonyl (C=O) groups excluding carboxylic acids is 3. The zero-order chi connectivity index (χ0) is 48.6. The second kappa shape index (κ2) is 54.4. The first-order valence-corrected chi connectivity index (χ1v) is 27.8. The Balaban J connectivity index is 4.73. The molecule has 0 atom stereocenters. The van der Waals surface area contributed by atoms with Crippen molar-refractivity contribution in [2.24, 2.45) is 0 Å². The van der Waals surface area contributed by atoms with Crippen molar-refractivity contribution in [1.29, 1.82) is 0 Å². The molecule has 0 aliphatic carbocycles. The Kier molecular flexibility index (Phi) is 51.0. The van der Waals surface area contributed by atoms with E-state index in [-0.39, 0.29) is 19.3 Å². The molecule has 0 bridgehead atoms. The third-order valence-corrected chi connectivity index (χ3v) is 11.7. The predicted molar refractivity (Wildman–Crippen MR) is 289 cm³/mol. The molecular weight excluding hydrogens is 844 g/mol. The maximum Gasteiger partial charge on any atom is 1.20 e. The van der Waals surface area contributed by atoms with Crippen LogP contribution in [0.5, 0.6) is 0 Å². The van der Waals surface area contributed by atoms with Crippen LogP contribution in [0.25, 0.3) is 0 Å². The lowest BCUT2D eigenvalue weighted by atomic mass is 10.2. The smallest absolute Gasteiger partial charge is 0.551 e. The fourth-order valence-electron chi connectivity index (χ4n) is 6.35. The van der Waals surface area contributed by atoms with Gasteiger partial charge < -0.3 is 11.4 Å². The van der Waals surface area contributed by atoms with Gasteiger partial charge in [-0.2, -0.15) is 0 Å². The Morgan fingerprint density at radius 3 is 0.642 bits per heavy atom. The first-order chi connectivity index (χ1) is 33.0. The van der Waals surface area contributed by atoms with Crippen LogP contribution in [0.1, 0.15) is 213 Å². The van der Waals surface area contributed by atoms with Crippen LogP contribution in [0.2, 0.25) is 0 Å². The monoisotopic (exact) mass is 937 g/mol. The predicted octanol–water partition coefficient (Wildman–Crippen LogP) is 18.0. The van der Waals surface area contributed by atoms with E-state index in [0.29, 0.717) is 38.5 Å². The zero-order valence-corrected chi connectivity index (χ0v) is 43.8. The summed E-state index contributed by atoms with van der Waals surface area (Å²) in [6.07, 6.45) is 79.7. The second-order valence-corrected chi connectivity index (χ2v) is 18.0. The standard InChI is InChI=1S/3C20H32O2.Al/c3*1-2-3-4-5-6-7-8-9-10-11-12-13-14-15-16-17-18-19-20(21)22;/h3*6-7,9-10,12-13,15-16H,2-5,8,11,14,17-19H2,1H3,(H,21,22);/q;;;+3/p-3/b3*7-6-,10-9-,13-12-,16-15-;. The van der Waals surface area contributed by atoms with E-state index in [1.54, 1.807) is 0 Å². The van der Waals surface area contributed by atoms with Crippen molar-refractivity contribution in [3.05, 3.63) is 146 Å². The van der Waals surface area contributed by atoms with Gasteiger partial charge in [0.1, 0.15) is 0 Å². The highest BCUT2D eigenvalue weighted by molar-refractivity contribution is 6.44. The fourth-order valence-corrected chi connectivity index (χ4v) is 7.49. The number of rotatable bonds is 45. The van der Waals surface area contributed by atoms with E-state index < -0.39 is 33.1 Å². The van der Waals surface area contributed by atoms with Gasteiger partial charge in [0, 0.05) is 19.3 Å². The Bertz CT molecular complexity index is 1350. The summed E-state index contributed by atoms with van der Waals surface area (Å²) in [5, 5.41) is 0. The summed E-state index contributed by atoms with van der Waals surface area (Å²) in [6, 6.07) is 0. The van der Waals surface area contributed by atoms with Crippen LogP contribution >= 0.6 is 0 Å². The Labute approximate surface area is 416 Å². The molecular formula is C60H93AlO6. The molecule has 0 N–H and O–H groups in total. The van der Waals surface area contributed by atoms with Crippen molar-refractivity contribution in [1.82, 2.24) is 0 Å². The summed E-state index contributed by atoms with van der Waals surface area (Å²) < 4.78 is 16.5. The second-order valence-electron chi connectivity index (χ2n) is 16.7. The SMILES string of the molecule is CCCCC/C=C\C/C=C\C/C=C\C/C=C\CCCC(=O)[O][Al]([O]C(=O)CCC/C=C\C/C=C\C/C=C\C/C=C\CCCCC)[O]C(=O)CCC/C=C\C/C=C\C/C=C\C/C=C\CCCCC. The molecule has 0 saturated carbocycles. The van der Waals surface area contributed by atoms with Gasteiger partial charge in [-0.1, -0.05) is 205 Å². The van der Waals surface area contributed by atoms with Gasteiger partial charge in [-0.3, -0.25) is 14.4 Å². The highest BCUT2D eigenvalue weighted by Crippen LogP contribution is 2.10. The number of allylic oxidation sites excluding steroid dienone is 24. The van der Waals surface area contributed by atoms with E-state index in [1.807, 2.05) is 0 Å². The minimum absolute atomic E-state index is 0.148.